The van der Waals surface area contributed by atoms with Crippen molar-refractivity contribution < 1.29 is 5.11 Å². The van der Waals surface area contributed by atoms with Crippen LogP contribution < -0.4 is 5.32 Å². The quantitative estimate of drug-likeness (QED) is 0.806. The molecule has 0 radical (unpaired) electrons. The van der Waals surface area contributed by atoms with Crippen LogP contribution in [0.25, 0.3) is 0 Å². The topological polar surface area (TPSA) is 56.0 Å². The van der Waals surface area contributed by atoms with E-state index in [-0.39, 0.29) is 0 Å². The van der Waals surface area contributed by atoms with Gasteiger partial charge in [-0.3, -0.25) is 0 Å². The van der Waals surface area contributed by atoms with E-state index in [4.69, 9.17) is 16.9 Å². The number of nitrogens with one attached hydrogen (secondary N) is 1. The van der Waals surface area contributed by atoms with Crippen LogP contribution in [-0.2, 0) is 6.42 Å². The van der Waals surface area contributed by atoms with E-state index in [1.807, 2.05) is 24.3 Å². The highest BCUT2D eigenvalue weighted by Gasteiger charge is 2.06. The van der Waals surface area contributed by atoms with Crippen molar-refractivity contribution in [1.82, 2.24) is 5.32 Å². The van der Waals surface area contributed by atoms with E-state index in [1.54, 1.807) is 24.3 Å². The third kappa shape index (κ3) is 4.87. The van der Waals surface area contributed by atoms with Crippen LogP contribution in [0.15, 0.2) is 48.5 Å². The molecule has 0 saturated carbocycles. The van der Waals surface area contributed by atoms with Gasteiger partial charge in [0.25, 0.3) is 0 Å². The standard InChI is InChI=1S/C17H17ClN2O/c18-16-7-3-13(4-8-16)9-10-20-12-17(21)15-5-1-14(11-19)2-6-15/h1-8,17,20-21H,9-10,12H2. The molecule has 1 unspecified atom stereocenters. The van der Waals surface area contributed by atoms with E-state index in [1.165, 1.54) is 5.56 Å². The lowest BCUT2D eigenvalue weighted by Crippen LogP contribution is -2.23. The van der Waals surface area contributed by atoms with Crippen molar-refractivity contribution in [2.45, 2.75) is 12.5 Å². The van der Waals surface area contributed by atoms with Crippen molar-refractivity contribution in [2.24, 2.45) is 0 Å². The van der Waals surface area contributed by atoms with E-state index in [2.05, 4.69) is 11.4 Å². The molecule has 0 bridgehead atoms. The summed E-state index contributed by atoms with van der Waals surface area (Å²) in [5.41, 5.74) is 2.62. The molecule has 1 atom stereocenters. The number of benzene rings is 2. The molecule has 21 heavy (non-hydrogen) atoms. The second-order valence-corrected chi connectivity index (χ2v) is 5.27. The summed E-state index contributed by atoms with van der Waals surface area (Å²) in [6.07, 6.45) is 0.319. The number of rotatable bonds is 6. The maximum Gasteiger partial charge on any atom is 0.0991 e. The van der Waals surface area contributed by atoms with Gasteiger partial charge >= 0.3 is 0 Å². The van der Waals surface area contributed by atoms with Gasteiger partial charge in [-0.1, -0.05) is 35.9 Å². The molecular formula is C17H17ClN2O. The van der Waals surface area contributed by atoms with Crippen molar-refractivity contribution in [2.75, 3.05) is 13.1 Å². The zero-order valence-electron chi connectivity index (χ0n) is 11.6. The summed E-state index contributed by atoms with van der Waals surface area (Å²) in [5, 5.41) is 22.8. The second kappa shape index (κ2) is 7.80. The zero-order chi connectivity index (χ0) is 15.1. The van der Waals surface area contributed by atoms with Crippen LogP contribution in [0.2, 0.25) is 5.02 Å². The molecule has 2 rings (SSSR count). The molecular weight excluding hydrogens is 284 g/mol. The number of aliphatic hydroxyl groups is 1. The predicted molar refractivity (Wildman–Crippen MR) is 84.1 cm³/mol. The number of aliphatic hydroxyl groups excluding tert-OH is 1. The van der Waals surface area contributed by atoms with Gasteiger partial charge in [0.2, 0.25) is 0 Å². The van der Waals surface area contributed by atoms with E-state index >= 15 is 0 Å². The highest BCUT2D eigenvalue weighted by molar-refractivity contribution is 6.30. The molecule has 0 saturated heterocycles. The molecule has 0 fully saturated rings. The first kappa shape index (κ1) is 15.5. The molecule has 4 heteroatoms. The first-order valence-corrected chi connectivity index (χ1v) is 7.20. The molecule has 0 aliphatic heterocycles. The van der Waals surface area contributed by atoms with Gasteiger partial charge in [0.1, 0.15) is 0 Å². The van der Waals surface area contributed by atoms with Gasteiger partial charge in [0.05, 0.1) is 17.7 Å². The fraction of sp³-hybridized carbons (Fsp3) is 0.235. The third-order valence-electron chi connectivity index (χ3n) is 3.27. The summed E-state index contributed by atoms with van der Waals surface area (Å²) < 4.78 is 0. The van der Waals surface area contributed by atoms with Crippen molar-refractivity contribution >= 4 is 11.6 Å². The van der Waals surface area contributed by atoms with Gasteiger partial charge in [0, 0.05) is 11.6 Å². The molecule has 0 heterocycles. The summed E-state index contributed by atoms with van der Waals surface area (Å²) in [6, 6.07) is 16.8. The molecule has 2 aromatic rings. The van der Waals surface area contributed by atoms with E-state index in [0.717, 1.165) is 23.6 Å². The van der Waals surface area contributed by atoms with Crippen LogP contribution in [0.3, 0.4) is 0 Å². The van der Waals surface area contributed by atoms with Gasteiger partial charge in [-0.25, -0.2) is 0 Å². The molecule has 108 valence electrons. The maximum atomic E-state index is 10.1. The molecule has 0 spiro atoms. The van der Waals surface area contributed by atoms with Crippen LogP contribution in [0.4, 0.5) is 0 Å². The van der Waals surface area contributed by atoms with Crippen molar-refractivity contribution in [3.8, 4) is 6.07 Å². The molecule has 0 aromatic heterocycles. The fourth-order valence-corrected chi connectivity index (χ4v) is 2.15. The Morgan fingerprint density at radius 2 is 1.76 bits per heavy atom. The summed E-state index contributed by atoms with van der Waals surface area (Å²) in [4.78, 5) is 0. The van der Waals surface area contributed by atoms with Crippen LogP contribution >= 0.6 is 11.6 Å². The van der Waals surface area contributed by atoms with Crippen LogP contribution in [-0.4, -0.2) is 18.2 Å². The number of nitriles is 1. The second-order valence-electron chi connectivity index (χ2n) is 4.83. The Morgan fingerprint density at radius 1 is 1.10 bits per heavy atom. The lowest BCUT2D eigenvalue weighted by atomic mass is 10.1. The van der Waals surface area contributed by atoms with Gasteiger partial charge in [0.15, 0.2) is 0 Å². The van der Waals surface area contributed by atoms with Crippen molar-refractivity contribution in [3.63, 3.8) is 0 Å². The summed E-state index contributed by atoms with van der Waals surface area (Å²) >= 11 is 5.84. The Kier molecular flexibility index (Phi) is 5.77. The summed E-state index contributed by atoms with van der Waals surface area (Å²) in [5.74, 6) is 0. The Balaban J connectivity index is 1.75. The molecule has 0 aliphatic rings. The van der Waals surface area contributed by atoms with Crippen LogP contribution in [0.5, 0.6) is 0 Å². The number of nitrogens with zero attached hydrogens (tertiary/aromatic N) is 1. The third-order valence-corrected chi connectivity index (χ3v) is 3.52. The fourth-order valence-electron chi connectivity index (χ4n) is 2.02. The highest BCUT2D eigenvalue weighted by Crippen LogP contribution is 2.13. The zero-order valence-corrected chi connectivity index (χ0v) is 12.3. The monoisotopic (exact) mass is 300 g/mol. The minimum atomic E-state index is -0.567. The first-order chi connectivity index (χ1) is 10.2. The number of halogens is 1. The maximum absolute atomic E-state index is 10.1. The van der Waals surface area contributed by atoms with Crippen molar-refractivity contribution in [1.29, 1.82) is 5.26 Å². The average molecular weight is 301 g/mol. The lowest BCUT2D eigenvalue weighted by Gasteiger charge is -2.12. The van der Waals surface area contributed by atoms with E-state index in [0.29, 0.717) is 12.1 Å². The Hall–Kier alpha value is -1.86. The normalized spacial score (nSPS) is 11.9. The van der Waals surface area contributed by atoms with Gasteiger partial charge in [-0.05, 0) is 48.4 Å². The highest BCUT2D eigenvalue weighted by atomic mass is 35.5. The average Bonchev–Trinajstić information content (AvgIpc) is 2.53. The summed E-state index contributed by atoms with van der Waals surface area (Å²) in [6.45, 7) is 1.27. The molecule has 0 aliphatic carbocycles. The minimum Gasteiger partial charge on any atom is -0.387 e. The Bertz CT molecular complexity index is 602. The molecule has 2 N–H and O–H groups in total. The van der Waals surface area contributed by atoms with Crippen LogP contribution in [0.1, 0.15) is 22.8 Å². The van der Waals surface area contributed by atoms with Crippen molar-refractivity contribution in [3.05, 3.63) is 70.2 Å². The molecule has 0 amide bonds. The molecule has 2 aromatic carbocycles. The largest absolute Gasteiger partial charge is 0.387 e. The Morgan fingerprint density at radius 3 is 2.38 bits per heavy atom. The SMILES string of the molecule is N#Cc1ccc(C(O)CNCCc2ccc(Cl)cc2)cc1. The van der Waals surface area contributed by atoms with Gasteiger partial charge in [-0.2, -0.15) is 5.26 Å². The van der Waals surface area contributed by atoms with E-state index in [9.17, 15) is 5.11 Å². The van der Waals surface area contributed by atoms with E-state index < -0.39 is 6.10 Å². The number of hydrogen-bond acceptors (Lipinski definition) is 3. The van der Waals surface area contributed by atoms with Gasteiger partial charge in [-0.15, -0.1) is 0 Å². The molecule has 3 nitrogen and oxygen atoms in total. The Labute approximate surface area is 129 Å². The number of hydrogen-bond donors (Lipinski definition) is 2. The van der Waals surface area contributed by atoms with Gasteiger partial charge < -0.3 is 10.4 Å². The first-order valence-electron chi connectivity index (χ1n) is 6.82. The van der Waals surface area contributed by atoms with Crippen LogP contribution in [0, 0.1) is 11.3 Å². The summed E-state index contributed by atoms with van der Waals surface area (Å²) in [7, 11) is 0. The predicted octanol–water partition coefficient (Wildman–Crippen LogP) is 3.08. The minimum absolute atomic E-state index is 0.486. The smallest absolute Gasteiger partial charge is 0.0991 e. The lowest BCUT2D eigenvalue weighted by molar-refractivity contribution is 0.175.